The van der Waals surface area contributed by atoms with Crippen molar-refractivity contribution >= 4 is 5.91 Å². The molecule has 1 amide bonds. The van der Waals surface area contributed by atoms with Crippen molar-refractivity contribution in [2.45, 2.75) is 38.3 Å². The molecule has 1 aliphatic carbocycles. The van der Waals surface area contributed by atoms with Crippen LogP contribution in [0.3, 0.4) is 0 Å². The normalized spacial score (nSPS) is 17.1. The third-order valence-electron chi connectivity index (χ3n) is 2.47. The maximum absolute atomic E-state index is 11.5. The van der Waals surface area contributed by atoms with Crippen LogP contribution in [0.1, 0.15) is 26.2 Å². The molecule has 0 radical (unpaired) electrons. The minimum Gasteiger partial charge on any atom is -0.394 e. The number of hydrogen-bond donors (Lipinski definition) is 3. The predicted molar refractivity (Wildman–Crippen MR) is 61.2 cm³/mol. The van der Waals surface area contributed by atoms with Crippen LogP contribution in [0.2, 0.25) is 0 Å². The molecule has 3 N–H and O–H groups in total. The molecule has 1 unspecified atom stereocenters. The Morgan fingerprint density at radius 3 is 2.88 bits per heavy atom. The highest BCUT2D eigenvalue weighted by Gasteiger charge is 2.25. The van der Waals surface area contributed by atoms with Crippen LogP contribution >= 0.6 is 0 Å². The first-order valence-corrected chi connectivity index (χ1v) is 5.96. The lowest BCUT2D eigenvalue weighted by Gasteiger charge is -2.13. The Morgan fingerprint density at radius 2 is 2.25 bits per heavy atom. The first-order valence-electron chi connectivity index (χ1n) is 5.96. The van der Waals surface area contributed by atoms with Gasteiger partial charge in [-0.2, -0.15) is 0 Å². The summed E-state index contributed by atoms with van der Waals surface area (Å²) in [5.74, 6) is 0.0822. The Labute approximate surface area is 96.6 Å². The fraction of sp³-hybridized carbons (Fsp3) is 0.909. The zero-order chi connectivity index (χ0) is 11.8. The summed E-state index contributed by atoms with van der Waals surface area (Å²) < 4.78 is 5.11. The van der Waals surface area contributed by atoms with Gasteiger partial charge >= 0.3 is 0 Å². The molecule has 0 bridgehead atoms. The Balaban J connectivity index is 1.92. The van der Waals surface area contributed by atoms with E-state index in [0.717, 1.165) is 25.8 Å². The summed E-state index contributed by atoms with van der Waals surface area (Å²) in [6.07, 6.45) is 3.09. The van der Waals surface area contributed by atoms with Gasteiger partial charge in [0.2, 0.25) is 5.91 Å². The van der Waals surface area contributed by atoms with E-state index >= 15 is 0 Å². The zero-order valence-corrected chi connectivity index (χ0v) is 9.87. The third-order valence-corrected chi connectivity index (χ3v) is 2.47. The van der Waals surface area contributed by atoms with E-state index in [9.17, 15) is 4.79 Å². The molecule has 1 aliphatic rings. The molecular formula is C11H22N2O3. The quantitative estimate of drug-likeness (QED) is 0.473. The lowest BCUT2D eigenvalue weighted by Crippen LogP contribution is -2.43. The van der Waals surface area contributed by atoms with Crippen molar-refractivity contribution in [3.8, 4) is 0 Å². The Hall–Kier alpha value is -0.650. The maximum atomic E-state index is 11.5. The molecular weight excluding hydrogens is 208 g/mol. The molecule has 0 aromatic rings. The molecule has 0 aliphatic heterocycles. The lowest BCUT2D eigenvalue weighted by molar-refractivity contribution is -0.122. The molecule has 0 spiro atoms. The molecule has 0 saturated heterocycles. The Kier molecular flexibility index (Phi) is 6.37. The minimum atomic E-state index is -0.140. The van der Waals surface area contributed by atoms with Crippen LogP contribution in [0.25, 0.3) is 0 Å². The highest BCUT2D eigenvalue weighted by atomic mass is 16.5. The summed E-state index contributed by atoms with van der Waals surface area (Å²) in [6, 6.07) is 0.281. The smallest absolute Gasteiger partial charge is 0.237 e. The number of hydrogen-bond acceptors (Lipinski definition) is 4. The highest BCUT2D eigenvalue weighted by molar-refractivity contribution is 5.81. The van der Waals surface area contributed by atoms with Gasteiger partial charge < -0.3 is 20.5 Å². The van der Waals surface area contributed by atoms with E-state index in [1.165, 1.54) is 0 Å². The molecule has 5 heteroatoms. The summed E-state index contributed by atoms with van der Waals surface area (Å²) in [4.78, 5) is 11.5. The van der Waals surface area contributed by atoms with E-state index in [1.807, 2.05) is 6.92 Å². The number of amides is 1. The van der Waals surface area contributed by atoms with Crippen LogP contribution in [0, 0.1) is 0 Å². The average molecular weight is 230 g/mol. The minimum absolute atomic E-state index is 0.0631. The first-order chi connectivity index (χ1) is 7.74. The average Bonchev–Trinajstić information content (AvgIpc) is 3.06. The second-order valence-electron chi connectivity index (χ2n) is 4.15. The van der Waals surface area contributed by atoms with Crippen molar-refractivity contribution in [2.75, 3.05) is 26.4 Å². The van der Waals surface area contributed by atoms with Crippen molar-refractivity contribution in [3.63, 3.8) is 0 Å². The molecule has 5 nitrogen and oxygen atoms in total. The molecule has 0 aromatic heterocycles. The van der Waals surface area contributed by atoms with Crippen LogP contribution in [0.4, 0.5) is 0 Å². The third kappa shape index (κ3) is 6.05. The molecule has 94 valence electrons. The summed E-state index contributed by atoms with van der Waals surface area (Å²) in [7, 11) is 0. The summed E-state index contributed by atoms with van der Waals surface area (Å²) >= 11 is 0. The van der Waals surface area contributed by atoms with Gasteiger partial charge in [0.1, 0.15) is 0 Å². The molecule has 0 aromatic carbocycles. The van der Waals surface area contributed by atoms with Gasteiger partial charge in [0, 0.05) is 12.6 Å². The molecule has 1 saturated carbocycles. The fourth-order valence-electron chi connectivity index (χ4n) is 1.31. The van der Waals surface area contributed by atoms with E-state index < -0.39 is 0 Å². The topological polar surface area (TPSA) is 70.6 Å². The van der Waals surface area contributed by atoms with Crippen molar-refractivity contribution in [1.82, 2.24) is 10.6 Å². The van der Waals surface area contributed by atoms with E-state index in [2.05, 4.69) is 10.6 Å². The standard InChI is InChI=1S/C11H22N2O3/c1-9(11(15)13-10-3-4-10)12-5-2-7-16-8-6-14/h9-10,12,14H,2-8H2,1H3,(H,13,15). The van der Waals surface area contributed by atoms with Crippen LogP contribution in [-0.2, 0) is 9.53 Å². The van der Waals surface area contributed by atoms with Crippen molar-refractivity contribution < 1.29 is 14.6 Å². The second kappa shape index (κ2) is 7.60. The van der Waals surface area contributed by atoms with Crippen molar-refractivity contribution in [1.29, 1.82) is 0 Å². The Morgan fingerprint density at radius 1 is 1.50 bits per heavy atom. The highest BCUT2D eigenvalue weighted by Crippen LogP contribution is 2.18. The molecule has 0 heterocycles. The van der Waals surface area contributed by atoms with Crippen LogP contribution in [0.5, 0.6) is 0 Å². The van der Waals surface area contributed by atoms with E-state index in [0.29, 0.717) is 19.3 Å². The molecule has 1 rings (SSSR count). The maximum Gasteiger partial charge on any atom is 0.237 e. The summed E-state index contributed by atoms with van der Waals surface area (Å²) in [5.41, 5.74) is 0. The number of aliphatic hydroxyl groups is 1. The van der Waals surface area contributed by atoms with Gasteiger partial charge in [-0.15, -0.1) is 0 Å². The summed E-state index contributed by atoms with van der Waals surface area (Å²) in [6.45, 7) is 3.69. The van der Waals surface area contributed by atoms with E-state index in [-0.39, 0.29) is 18.6 Å². The SMILES string of the molecule is CC(NCCCOCCO)C(=O)NC1CC1. The van der Waals surface area contributed by atoms with Crippen molar-refractivity contribution in [3.05, 3.63) is 0 Å². The van der Waals surface area contributed by atoms with Gasteiger partial charge in [-0.25, -0.2) is 0 Å². The Bertz CT molecular complexity index is 207. The number of nitrogens with one attached hydrogen (secondary N) is 2. The van der Waals surface area contributed by atoms with Gasteiger partial charge in [-0.3, -0.25) is 4.79 Å². The van der Waals surface area contributed by atoms with Gasteiger partial charge in [0.05, 0.1) is 19.3 Å². The molecule has 1 fully saturated rings. The number of aliphatic hydroxyl groups excluding tert-OH is 1. The van der Waals surface area contributed by atoms with Gasteiger partial charge in [0.15, 0.2) is 0 Å². The van der Waals surface area contributed by atoms with Gasteiger partial charge in [-0.1, -0.05) is 0 Å². The number of rotatable bonds is 9. The van der Waals surface area contributed by atoms with Gasteiger partial charge in [0.25, 0.3) is 0 Å². The zero-order valence-electron chi connectivity index (χ0n) is 9.87. The number of ether oxygens (including phenoxy) is 1. The first kappa shape index (κ1) is 13.4. The number of carbonyl (C=O) groups is 1. The number of carbonyl (C=O) groups excluding carboxylic acids is 1. The monoisotopic (exact) mass is 230 g/mol. The molecule has 16 heavy (non-hydrogen) atoms. The van der Waals surface area contributed by atoms with Crippen LogP contribution < -0.4 is 10.6 Å². The lowest BCUT2D eigenvalue weighted by atomic mass is 10.3. The van der Waals surface area contributed by atoms with E-state index in [4.69, 9.17) is 9.84 Å². The van der Waals surface area contributed by atoms with Gasteiger partial charge in [-0.05, 0) is 32.7 Å². The van der Waals surface area contributed by atoms with Crippen LogP contribution in [0.15, 0.2) is 0 Å². The summed E-state index contributed by atoms with van der Waals surface area (Å²) in [5, 5.41) is 14.6. The molecule has 1 atom stereocenters. The van der Waals surface area contributed by atoms with E-state index in [1.54, 1.807) is 0 Å². The van der Waals surface area contributed by atoms with Crippen molar-refractivity contribution in [2.24, 2.45) is 0 Å². The van der Waals surface area contributed by atoms with Crippen LogP contribution in [-0.4, -0.2) is 49.5 Å². The second-order valence-corrected chi connectivity index (χ2v) is 4.15. The predicted octanol–water partition coefficient (Wildman–Crippen LogP) is -0.358. The largest absolute Gasteiger partial charge is 0.394 e. The fourth-order valence-corrected chi connectivity index (χ4v) is 1.31.